The van der Waals surface area contributed by atoms with E-state index in [-0.39, 0.29) is 11.9 Å². The van der Waals surface area contributed by atoms with Crippen molar-refractivity contribution in [1.29, 1.82) is 0 Å². The lowest BCUT2D eigenvalue weighted by atomic mass is 10.2. The van der Waals surface area contributed by atoms with Gasteiger partial charge in [0.15, 0.2) is 11.8 Å². The van der Waals surface area contributed by atoms with Gasteiger partial charge in [-0.1, -0.05) is 11.6 Å². The summed E-state index contributed by atoms with van der Waals surface area (Å²) in [6.07, 6.45) is 0. The molecule has 0 radical (unpaired) electrons. The average molecular weight is 248 g/mol. The lowest BCUT2D eigenvalue weighted by Gasteiger charge is -1.95. The van der Waals surface area contributed by atoms with E-state index in [1.165, 1.54) is 11.5 Å². The molecule has 1 heterocycles. The van der Waals surface area contributed by atoms with Gasteiger partial charge in [0.1, 0.15) is 0 Å². The number of nitrogens with two attached hydrogens (primary N) is 3. The predicted octanol–water partition coefficient (Wildman–Crippen LogP) is 0.824. The molecule has 0 atom stereocenters. The van der Waals surface area contributed by atoms with Gasteiger partial charge in [-0.2, -0.15) is 14.4 Å². The first-order valence-corrected chi connectivity index (χ1v) is 5.63. The van der Waals surface area contributed by atoms with Crippen molar-refractivity contribution in [2.75, 3.05) is 0 Å². The number of guanidine groups is 2. The Labute approximate surface area is 102 Å². The Morgan fingerprint density at radius 1 is 1.29 bits per heavy atom. The molecule has 1 aromatic heterocycles. The van der Waals surface area contributed by atoms with Crippen molar-refractivity contribution < 1.29 is 0 Å². The first-order valence-electron chi connectivity index (χ1n) is 4.86. The van der Waals surface area contributed by atoms with E-state index in [1.54, 1.807) is 0 Å². The predicted molar refractivity (Wildman–Crippen MR) is 71.4 cm³/mol. The molecule has 88 valence electrons. The molecule has 0 aliphatic rings. The zero-order chi connectivity index (χ0) is 12.4. The van der Waals surface area contributed by atoms with Gasteiger partial charge in [-0.25, -0.2) is 0 Å². The van der Waals surface area contributed by atoms with E-state index in [1.807, 2.05) is 25.1 Å². The van der Waals surface area contributed by atoms with Crippen LogP contribution in [0.25, 0.3) is 10.1 Å². The van der Waals surface area contributed by atoms with E-state index < -0.39 is 0 Å². The van der Waals surface area contributed by atoms with Gasteiger partial charge in [0.2, 0.25) is 5.96 Å². The molecule has 0 fully saturated rings. The Morgan fingerprint density at radius 3 is 2.76 bits per heavy atom. The van der Waals surface area contributed by atoms with Crippen LogP contribution in [0.5, 0.6) is 0 Å². The fourth-order valence-corrected chi connectivity index (χ4v) is 2.09. The van der Waals surface area contributed by atoms with Crippen LogP contribution < -0.4 is 17.2 Å². The number of hydrogen-bond acceptors (Lipinski definition) is 3. The lowest BCUT2D eigenvalue weighted by molar-refractivity contribution is 1.35. The number of fused-ring (bicyclic) bond motifs is 1. The Morgan fingerprint density at radius 2 is 2.06 bits per heavy atom. The van der Waals surface area contributed by atoms with Crippen LogP contribution in [0.3, 0.4) is 0 Å². The minimum atomic E-state index is -0.123. The van der Waals surface area contributed by atoms with Crippen molar-refractivity contribution >= 4 is 39.4 Å². The van der Waals surface area contributed by atoms with Crippen molar-refractivity contribution in [2.24, 2.45) is 27.2 Å². The molecule has 7 heteroatoms. The van der Waals surface area contributed by atoms with Crippen molar-refractivity contribution in [2.45, 2.75) is 6.92 Å². The van der Waals surface area contributed by atoms with Gasteiger partial charge in [-0.05, 0) is 30.6 Å². The van der Waals surface area contributed by atoms with Gasteiger partial charge in [0.25, 0.3) is 0 Å². The summed E-state index contributed by atoms with van der Waals surface area (Å²) >= 11 is 1.36. The van der Waals surface area contributed by atoms with E-state index in [0.717, 1.165) is 15.6 Å². The number of hydrogen-bond donors (Lipinski definition) is 3. The van der Waals surface area contributed by atoms with E-state index >= 15 is 0 Å². The second-order valence-corrected chi connectivity index (χ2v) is 4.32. The smallest absolute Gasteiger partial charge is 0.225 e. The molecule has 0 saturated carbocycles. The topological polar surface area (TPSA) is 116 Å². The maximum absolute atomic E-state index is 5.56. The number of aliphatic imine (C=N–C) groups is 2. The number of nitrogens with zero attached hydrogens (tertiary/aromatic N) is 3. The molecule has 0 bridgehead atoms. The zero-order valence-electron chi connectivity index (χ0n) is 9.21. The second kappa shape index (κ2) is 4.38. The summed E-state index contributed by atoms with van der Waals surface area (Å²) in [5.74, 6) is 0.414. The molecule has 0 saturated heterocycles. The van der Waals surface area contributed by atoms with Crippen LogP contribution >= 0.6 is 11.5 Å². The molecule has 17 heavy (non-hydrogen) atoms. The van der Waals surface area contributed by atoms with Crippen LogP contribution in [0.2, 0.25) is 0 Å². The minimum Gasteiger partial charge on any atom is -0.370 e. The van der Waals surface area contributed by atoms with Gasteiger partial charge in [0, 0.05) is 5.39 Å². The normalized spacial score (nSPS) is 11.7. The molecule has 2 aromatic rings. The van der Waals surface area contributed by atoms with Gasteiger partial charge in [-0.3, -0.25) is 0 Å². The summed E-state index contributed by atoms with van der Waals surface area (Å²) in [5.41, 5.74) is 17.1. The molecule has 1 aromatic carbocycles. The van der Waals surface area contributed by atoms with E-state index in [4.69, 9.17) is 17.2 Å². The molecule has 6 N–H and O–H groups in total. The minimum absolute atomic E-state index is 0.00120. The third-order valence-corrected chi connectivity index (χ3v) is 2.89. The van der Waals surface area contributed by atoms with E-state index in [9.17, 15) is 0 Å². The molecule has 0 unspecified atom stereocenters. The van der Waals surface area contributed by atoms with Crippen molar-refractivity contribution in [3.63, 3.8) is 0 Å². The van der Waals surface area contributed by atoms with Crippen molar-refractivity contribution in [3.8, 4) is 0 Å². The van der Waals surface area contributed by atoms with Crippen LogP contribution in [0.15, 0.2) is 28.2 Å². The van der Waals surface area contributed by atoms with Crippen LogP contribution in [0, 0.1) is 6.92 Å². The van der Waals surface area contributed by atoms with Crippen molar-refractivity contribution in [1.82, 2.24) is 4.37 Å². The third kappa shape index (κ3) is 2.51. The van der Waals surface area contributed by atoms with Gasteiger partial charge in [0.05, 0.1) is 4.70 Å². The summed E-state index contributed by atoms with van der Waals surface area (Å²) in [7, 11) is 0. The summed E-state index contributed by atoms with van der Waals surface area (Å²) in [6, 6.07) is 6.02. The highest BCUT2D eigenvalue weighted by atomic mass is 32.1. The number of benzene rings is 1. The molecule has 0 aliphatic carbocycles. The number of aryl methyl sites for hydroxylation is 1. The molecule has 0 amide bonds. The first kappa shape index (κ1) is 11.3. The fraction of sp³-hybridized carbons (Fsp3) is 0.100. The Bertz CT molecular complexity index is 608. The molecule has 0 aliphatic heterocycles. The highest BCUT2D eigenvalue weighted by Gasteiger charge is 2.05. The summed E-state index contributed by atoms with van der Waals surface area (Å²) in [4.78, 5) is 7.72. The maximum atomic E-state index is 5.56. The zero-order valence-corrected chi connectivity index (χ0v) is 10.0. The largest absolute Gasteiger partial charge is 0.370 e. The molecule has 0 spiro atoms. The lowest BCUT2D eigenvalue weighted by Crippen LogP contribution is -2.26. The summed E-state index contributed by atoms with van der Waals surface area (Å²) in [5, 5.41) is 0.948. The third-order valence-electron chi connectivity index (χ3n) is 2.07. The average Bonchev–Trinajstić information content (AvgIpc) is 2.60. The SMILES string of the molecule is Cc1ccc2snc(N=C(N)N=C(N)N)c2c1. The van der Waals surface area contributed by atoms with E-state index in [0.29, 0.717) is 5.82 Å². The van der Waals surface area contributed by atoms with Crippen LogP contribution in [-0.2, 0) is 0 Å². The quantitative estimate of drug-likeness (QED) is 0.511. The Balaban J connectivity index is 2.49. The fourth-order valence-electron chi connectivity index (χ4n) is 1.39. The van der Waals surface area contributed by atoms with Crippen LogP contribution in [0.1, 0.15) is 5.56 Å². The second-order valence-electron chi connectivity index (χ2n) is 3.51. The molecule has 6 nitrogen and oxygen atoms in total. The Hall–Kier alpha value is -2.15. The maximum Gasteiger partial charge on any atom is 0.225 e. The summed E-state index contributed by atoms with van der Waals surface area (Å²) in [6.45, 7) is 2.00. The molecular weight excluding hydrogens is 236 g/mol. The van der Waals surface area contributed by atoms with Gasteiger partial charge in [-0.15, -0.1) is 0 Å². The highest BCUT2D eigenvalue weighted by Crippen LogP contribution is 2.29. The monoisotopic (exact) mass is 248 g/mol. The molecular formula is C10H12N6S. The van der Waals surface area contributed by atoms with Crippen LogP contribution in [0.4, 0.5) is 5.82 Å². The van der Waals surface area contributed by atoms with Crippen molar-refractivity contribution in [3.05, 3.63) is 23.8 Å². The first-order chi connectivity index (χ1) is 8.06. The van der Waals surface area contributed by atoms with Gasteiger partial charge >= 0.3 is 0 Å². The Kier molecular flexibility index (Phi) is 2.92. The van der Waals surface area contributed by atoms with Gasteiger partial charge < -0.3 is 17.2 Å². The number of aromatic nitrogens is 1. The van der Waals surface area contributed by atoms with Crippen LogP contribution in [-0.4, -0.2) is 16.3 Å². The standard InChI is InChI=1S/C10H12N6S/c1-5-2-3-7-6(4-5)8(16-17-7)14-10(13)15-9(11)12/h2-4H,1H3,(H6,11,12,13,14,15,16). The number of rotatable bonds is 1. The molecule has 2 rings (SSSR count). The highest BCUT2D eigenvalue weighted by molar-refractivity contribution is 7.13. The van der Waals surface area contributed by atoms with E-state index in [2.05, 4.69) is 14.4 Å². The summed E-state index contributed by atoms with van der Waals surface area (Å²) < 4.78 is 5.25.